The quantitative estimate of drug-likeness (QED) is 0.930. The van der Waals surface area contributed by atoms with Gasteiger partial charge in [0.25, 0.3) is 5.91 Å². The first-order valence-electron chi connectivity index (χ1n) is 9.01. The highest BCUT2D eigenvalue weighted by molar-refractivity contribution is 5.94. The molecule has 25 heavy (non-hydrogen) atoms. The molecule has 1 amide bonds. The number of aryl methyl sites for hydroxylation is 2. The van der Waals surface area contributed by atoms with Gasteiger partial charge in [-0.15, -0.1) is 0 Å². The maximum atomic E-state index is 12.9. The van der Waals surface area contributed by atoms with E-state index >= 15 is 0 Å². The lowest BCUT2D eigenvalue weighted by molar-refractivity contribution is 0.0466. The molecule has 0 radical (unpaired) electrons. The number of likely N-dealkylation sites (tertiary alicyclic amines) is 1. The minimum atomic E-state index is -0.368. The summed E-state index contributed by atoms with van der Waals surface area (Å²) in [5.41, 5.74) is 3.90. The number of aromatic nitrogens is 2. The SMILES string of the molecule is Cc1cc(C)n(Cc2cccc(C(=O)N3CCCC(C(C)O)C3)c2)n1. The molecule has 2 atom stereocenters. The second-order valence-electron chi connectivity index (χ2n) is 7.18. The number of carbonyl (C=O) groups excluding carboxylic acids is 1. The molecule has 2 unspecified atom stereocenters. The summed E-state index contributed by atoms with van der Waals surface area (Å²) in [6.07, 6.45) is 1.57. The summed E-state index contributed by atoms with van der Waals surface area (Å²) in [6.45, 7) is 7.91. The van der Waals surface area contributed by atoms with Crippen molar-refractivity contribution in [1.82, 2.24) is 14.7 Å². The number of aliphatic hydroxyl groups excluding tert-OH is 1. The summed E-state index contributed by atoms with van der Waals surface area (Å²) in [4.78, 5) is 14.7. The van der Waals surface area contributed by atoms with E-state index < -0.39 is 0 Å². The zero-order chi connectivity index (χ0) is 18.0. The van der Waals surface area contributed by atoms with Crippen molar-refractivity contribution in [2.45, 2.75) is 46.3 Å². The number of benzene rings is 1. The Bertz CT molecular complexity index is 751. The molecular weight excluding hydrogens is 314 g/mol. The number of hydrogen-bond donors (Lipinski definition) is 1. The molecule has 1 aromatic heterocycles. The maximum absolute atomic E-state index is 12.9. The zero-order valence-electron chi connectivity index (χ0n) is 15.3. The smallest absolute Gasteiger partial charge is 0.253 e. The molecule has 0 saturated carbocycles. The van der Waals surface area contributed by atoms with Crippen molar-refractivity contribution >= 4 is 5.91 Å². The van der Waals surface area contributed by atoms with Crippen LogP contribution in [0.1, 0.15) is 47.1 Å². The second-order valence-corrected chi connectivity index (χ2v) is 7.18. The van der Waals surface area contributed by atoms with Crippen LogP contribution in [0.25, 0.3) is 0 Å². The van der Waals surface area contributed by atoms with Gasteiger partial charge in [0.2, 0.25) is 0 Å². The summed E-state index contributed by atoms with van der Waals surface area (Å²) >= 11 is 0. The lowest BCUT2D eigenvalue weighted by atomic mass is 9.93. The number of nitrogens with zero attached hydrogens (tertiary/aromatic N) is 3. The highest BCUT2D eigenvalue weighted by Crippen LogP contribution is 2.22. The first-order chi connectivity index (χ1) is 11.9. The van der Waals surface area contributed by atoms with Crippen molar-refractivity contribution in [3.05, 3.63) is 52.8 Å². The topological polar surface area (TPSA) is 58.4 Å². The van der Waals surface area contributed by atoms with Gasteiger partial charge in [-0.05, 0) is 57.4 Å². The number of piperidine rings is 1. The predicted molar refractivity (Wildman–Crippen MR) is 97.6 cm³/mol. The van der Waals surface area contributed by atoms with E-state index in [9.17, 15) is 9.90 Å². The lowest BCUT2D eigenvalue weighted by Crippen LogP contribution is -2.42. The van der Waals surface area contributed by atoms with E-state index in [-0.39, 0.29) is 17.9 Å². The van der Waals surface area contributed by atoms with Gasteiger partial charge in [-0.25, -0.2) is 0 Å². The highest BCUT2D eigenvalue weighted by Gasteiger charge is 2.27. The molecular formula is C20H27N3O2. The molecule has 134 valence electrons. The number of rotatable bonds is 4. The third-order valence-electron chi connectivity index (χ3n) is 5.04. The van der Waals surface area contributed by atoms with E-state index in [1.807, 2.05) is 54.6 Å². The average Bonchev–Trinajstić information content (AvgIpc) is 2.91. The fourth-order valence-electron chi connectivity index (χ4n) is 3.58. The monoisotopic (exact) mass is 341 g/mol. The first-order valence-corrected chi connectivity index (χ1v) is 9.01. The Morgan fingerprint density at radius 3 is 2.84 bits per heavy atom. The largest absolute Gasteiger partial charge is 0.393 e. The third-order valence-corrected chi connectivity index (χ3v) is 5.04. The molecule has 1 saturated heterocycles. The minimum Gasteiger partial charge on any atom is -0.393 e. The van der Waals surface area contributed by atoms with Crippen LogP contribution in [-0.2, 0) is 6.54 Å². The summed E-state index contributed by atoms with van der Waals surface area (Å²) in [5, 5.41) is 14.3. The number of carbonyl (C=O) groups is 1. The van der Waals surface area contributed by atoms with Crippen LogP contribution < -0.4 is 0 Å². The Balaban J connectivity index is 1.74. The van der Waals surface area contributed by atoms with Gasteiger partial charge in [0, 0.05) is 30.3 Å². The van der Waals surface area contributed by atoms with Crippen LogP contribution in [0.2, 0.25) is 0 Å². The van der Waals surface area contributed by atoms with Crippen LogP contribution in [0.5, 0.6) is 0 Å². The van der Waals surface area contributed by atoms with Gasteiger partial charge in [0.1, 0.15) is 0 Å². The summed E-state index contributed by atoms with van der Waals surface area (Å²) in [6, 6.07) is 9.86. The maximum Gasteiger partial charge on any atom is 0.253 e. The Kier molecular flexibility index (Phi) is 5.23. The Labute approximate surface area is 149 Å². The fraction of sp³-hybridized carbons (Fsp3) is 0.500. The van der Waals surface area contributed by atoms with E-state index in [4.69, 9.17) is 0 Å². The molecule has 1 aliphatic rings. The van der Waals surface area contributed by atoms with Gasteiger partial charge in [-0.1, -0.05) is 12.1 Å². The van der Waals surface area contributed by atoms with Gasteiger partial charge >= 0.3 is 0 Å². The van der Waals surface area contributed by atoms with Crippen LogP contribution in [0.15, 0.2) is 30.3 Å². The van der Waals surface area contributed by atoms with Gasteiger partial charge in [-0.2, -0.15) is 5.10 Å². The van der Waals surface area contributed by atoms with Gasteiger partial charge in [-0.3, -0.25) is 9.48 Å². The Hall–Kier alpha value is -2.14. The van der Waals surface area contributed by atoms with E-state index in [1.54, 1.807) is 0 Å². The van der Waals surface area contributed by atoms with Crippen molar-refractivity contribution in [2.24, 2.45) is 5.92 Å². The van der Waals surface area contributed by atoms with Crippen LogP contribution in [-0.4, -0.2) is 44.9 Å². The van der Waals surface area contributed by atoms with Crippen LogP contribution in [0.3, 0.4) is 0 Å². The second kappa shape index (κ2) is 7.40. The first kappa shape index (κ1) is 17.7. The highest BCUT2D eigenvalue weighted by atomic mass is 16.3. The summed E-state index contributed by atoms with van der Waals surface area (Å²) < 4.78 is 1.96. The van der Waals surface area contributed by atoms with E-state index in [0.717, 1.165) is 36.3 Å². The standard InChI is InChI=1S/C20H27N3O2/c1-14-10-15(2)23(21-14)12-17-6-4-7-18(11-17)20(25)22-9-5-8-19(13-22)16(3)24/h4,6-7,10-11,16,19,24H,5,8-9,12-13H2,1-3H3. The minimum absolute atomic E-state index is 0.0561. The summed E-state index contributed by atoms with van der Waals surface area (Å²) in [7, 11) is 0. The van der Waals surface area contributed by atoms with Crippen molar-refractivity contribution in [3.63, 3.8) is 0 Å². The third kappa shape index (κ3) is 4.10. The van der Waals surface area contributed by atoms with E-state index in [2.05, 4.69) is 11.2 Å². The van der Waals surface area contributed by atoms with Gasteiger partial charge in [0.05, 0.1) is 18.3 Å². The summed E-state index contributed by atoms with van der Waals surface area (Å²) in [5.74, 6) is 0.233. The number of amides is 1. The molecule has 3 rings (SSSR count). The van der Waals surface area contributed by atoms with Gasteiger partial charge < -0.3 is 10.0 Å². The Morgan fingerprint density at radius 2 is 2.16 bits per heavy atom. The zero-order valence-corrected chi connectivity index (χ0v) is 15.3. The van der Waals surface area contributed by atoms with Crippen molar-refractivity contribution in [2.75, 3.05) is 13.1 Å². The molecule has 0 aliphatic carbocycles. The molecule has 5 nitrogen and oxygen atoms in total. The molecule has 0 spiro atoms. The molecule has 1 aromatic carbocycles. The predicted octanol–water partition coefficient (Wildman–Crippen LogP) is 2.78. The van der Waals surface area contributed by atoms with Crippen LogP contribution in [0.4, 0.5) is 0 Å². The van der Waals surface area contributed by atoms with E-state index in [0.29, 0.717) is 18.7 Å². The van der Waals surface area contributed by atoms with E-state index in [1.165, 1.54) is 0 Å². The number of aliphatic hydroxyl groups is 1. The molecule has 0 bridgehead atoms. The molecule has 1 aliphatic heterocycles. The normalized spacial score (nSPS) is 19.0. The lowest BCUT2D eigenvalue weighted by Gasteiger charge is -2.34. The molecule has 2 heterocycles. The molecule has 1 N–H and O–H groups in total. The molecule has 5 heteroatoms. The average molecular weight is 341 g/mol. The number of hydrogen-bond acceptors (Lipinski definition) is 3. The van der Waals surface area contributed by atoms with Crippen molar-refractivity contribution < 1.29 is 9.90 Å². The van der Waals surface area contributed by atoms with Crippen molar-refractivity contribution in [3.8, 4) is 0 Å². The van der Waals surface area contributed by atoms with Crippen LogP contribution in [0, 0.1) is 19.8 Å². The fourth-order valence-corrected chi connectivity index (χ4v) is 3.58. The van der Waals surface area contributed by atoms with Gasteiger partial charge in [0.15, 0.2) is 0 Å². The molecule has 2 aromatic rings. The van der Waals surface area contributed by atoms with Crippen molar-refractivity contribution in [1.29, 1.82) is 0 Å². The Morgan fingerprint density at radius 1 is 1.36 bits per heavy atom. The molecule has 1 fully saturated rings. The van der Waals surface area contributed by atoms with Crippen LogP contribution >= 0.6 is 0 Å².